The van der Waals surface area contributed by atoms with Crippen LogP contribution in [-0.2, 0) is 0 Å². The van der Waals surface area contributed by atoms with Crippen molar-refractivity contribution in [2.75, 3.05) is 11.9 Å². The predicted molar refractivity (Wildman–Crippen MR) is 70.3 cm³/mol. The molecule has 0 amide bonds. The molecule has 0 saturated heterocycles. The Bertz CT molecular complexity index is 485. The van der Waals surface area contributed by atoms with Gasteiger partial charge in [-0.25, -0.2) is 4.98 Å². The van der Waals surface area contributed by atoms with Gasteiger partial charge in [0.2, 0.25) is 0 Å². The van der Waals surface area contributed by atoms with Crippen molar-refractivity contribution in [3.63, 3.8) is 0 Å². The Morgan fingerprint density at radius 3 is 2.76 bits per heavy atom. The second-order valence-corrected chi connectivity index (χ2v) is 4.51. The number of pyridine rings is 1. The normalized spacial score (nSPS) is 11.3. The van der Waals surface area contributed by atoms with E-state index in [1.54, 1.807) is 6.33 Å². The van der Waals surface area contributed by atoms with Crippen molar-refractivity contribution in [3.8, 4) is 0 Å². The average molecular weight is 232 g/mol. The molecule has 2 rings (SSSR count). The third-order valence-corrected chi connectivity index (χ3v) is 3.25. The van der Waals surface area contributed by atoms with Crippen molar-refractivity contribution in [2.45, 2.75) is 33.6 Å². The van der Waals surface area contributed by atoms with Gasteiger partial charge in [-0.1, -0.05) is 26.7 Å². The van der Waals surface area contributed by atoms with E-state index in [2.05, 4.69) is 42.2 Å². The molecule has 0 aliphatic heterocycles. The summed E-state index contributed by atoms with van der Waals surface area (Å²) in [7, 11) is 0. The molecule has 0 aliphatic carbocycles. The molecule has 0 unspecified atom stereocenters. The number of hydrogen-bond acceptors (Lipinski definition) is 3. The van der Waals surface area contributed by atoms with Crippen LogP contribution in [0.3, 0.4) is 0 Å². The molecule has 0 aromatic carbocycles. The van der Waals surface area contributed by atoms with Gasteiger partial charge in [-0.3, -0.25) is 0 Å². The van der Waals surface area contributed by atoms with Gasteiger partial charge in [-0.2, -0.15) is 9.61 Å². The molecule has 2 aromatic rings. The molecule has 1 N–H and O–H groups in total. The van der Waals surface area contributed by atoms with Crippen LogP contribution >= 0.6 is 0 Å². The first kappa shape index (κ1) is 11.9. The van der Waals surface area contributed by atoms with E-state index >= 15 is 0 Å². The molecule has 0 saturated carbocycles. The smallest absolute Gasteiger partial charge is 0.157 e. The number of fused-ring (bicyclic) bond motifs is 1. The van der Waals surface area contributed by atoms with Crippen LogP contribution in [0.4, 0.5) is 5.82 Å². The van der Waals surface area contributed by atoms with Crippen molar-refractivity contribution in [3.05, 3.63) is 24.0 Å². The third kappa shape index (κ3) is 2.57. The fourth-order valence-electron chi connectivity index (χ4n) is 2.01. The number of aryl methyl sites for hydroxylation is 1. The summed E-state index contributed by atoms with van der Waals surface area (Å²) in [6, 6.07) is 4.15. The number of nitrogens with one attached hydrogen (secondary N) is 1. The van der Waals surface area contributed by atoms with E-state index in [-0.39, 0.29) is 0 Å². The second-order valence-electron chi connectivity index (χ2n) is 4.51. The number of nitrogens with zero attached hydrogens (tertiary/aromatic N) is 3. The van der Waals surface area contributed by atoms with E-state index in [0.717, 1.165) is 18.0 Å². The lowest BCUT2D eigenvalue weighted by molar-refractivity contribution is 0.518. The standard InChI is InChI=1S/C13H20N4/c1-4-11(5-2)8-14-12-6-10(3)7-13-15-9-16-17(12)13/h6-7,9,11,14H,4-5,8H2,1-3H3. The topological polar surface area (TPSA) is 42.2 Å². The van der Waals surface area contributed by atoms with E-state index in [4.69, 9.17) is 0 Å². The van der Waals surface area contributed by atoms with E-state index in [1.165, 1.54) is 18.4 Å². The summed E-state index contributed by atoms with van der Waals surface area (Å²) >= 11 is 0. The van der Waals surface area contributed by atoms with Gasteiger partial charge >= 0.3 is 0 Å². The van der Waals surface area contributed by atoms with Crippen LogP contribution in [0, 0.1) is 12.8 Å². The maximum atomic E-state index is 4.23. The van der Waals surface area contributed by atoms with E-state index in [0.29, 0.717) is 5.92 Å². The van der Waals surface area contributed by atoms with Gasteiger partial charge < -0.3 is 5.32 Å². The van der Waals surface area contributed by atoms with E-state index < -0.39 is 0 Å². The maximum Gasteiger partial charge on any atom is 0.157 e. The molecule has 2 heterocycles. The maximum absolute atomic E-state index is 4.23. The van der Waals surface area contributed by atoms with Crippen LogP contribution in [0.5, 0.6) is 0 Å². The molecular formula is C13H20N4. The highest BCUT2D eigenvalue weighted by Gasteiger charge is 2.06. The van der Waals surface area contributed by atoms with Crippen LogP contribution in [0.2, 0.25) is 0 Å². The molecule has 0 aliphatic rings. The quantitative estimate of drug-likeness (QED) is 0.862. The largest absolute Gasteiger partial charge is 0.370 e. The Morgan fingerprint density at radius 1 is 1.29 bits per heavy atom. The summed E-state index contributed by atoms with van der Waals surface area (Å²) in [6.07, 6.45) is 4.00. The minimum atomic E-state index is 0.717. The third-order valence-electron chi connectivity index (χ3n) is 3.25. The molecule has 0 bridgehead atoms. The molecule has 0 fully saturated rings. The fraction of sp³-hybridized carbons (Fsp3) is 0.538. The molecule has 0 radical (unpaired) electrons. The molecule has 92 valence electrons. The van der Waals surface area contributed by atoms with Crippen LogP contribution in [-0.4, -0.2) is 21.1 Å². The zero-order chi connectivity index (χ0) is 12.3. The molecule has 4 nitrogen and oxygen atoms in total. The van der Waals surface area contributed by atoms with Crippen molar-refractivity contribution in [2.24, 2.45) is 5.92 Å². The Morgan fingerprint density at radius 2 is 2.06 bits per heavy atom. The monoisotopic (exact) mass is 232 g/mol. The minimum Gasteiger partial charge on any atom is -0.370 e. The van der Waals surface area contributed by atoms with E-state index in [9.17, 15) is 0 Å². The number of aromatic nitrogens is 3. The summed E-state index contributed by atoms with van der Waals surface area (Å²) in [5.41, 5.74) is 2.11. The van der Waals surface area contributed by atoms with E-state index in [1.807, 2.05) is 10.6 Å². The number of anilines is 1. The highest BCUT2D eigenvalue weighted by molar-refractivity contribution is 5.51. The van der Waals surface area contributed by atoms with Gasteiger partial charge in [0, 0.05) is 6.54 Å². The summed E-state index contributed by atoms with van der Waals surface area (Å²) in [5.74, 6) is 1.75. The number of hydrogen-bond donors (Lipinski definition) is 1. The Balaban J connectivity index is 2.20. The highest BCUT2D eigenvalue weighted by atomic mass is 15.3. The van der Waals surface area contributed by atoms with Crippen LogP contribution in [0.1, 0.15) is 32.3 Å². The second kappa shape index (κ2) is 5.17. The Hall–Kier alpha value is -1.58. The Labute approximate surface area is 102 Å². The van der Waals surface area contributed by atoms with Gasteiger partial charge in [0.15, 0.2) is 5.65 Å². The molecule has 2 aromatic heterocycles. The molecule has 4 heteroatoms. The minimum absolute atomic E-state index is 0.717. The molecule has 0 atom stereocenters. The fourth-order valence-corrected chi connectivity index (χ4v) is 2.01. The summed E-state index contributed by atoms with van der Waals surface area (Å²) < 4.78 is 1.86. The highest BCUT2D eigenvalue weighted by Crippen LogP contribution is 2.15. The lowest BCUT2D eigenvalue weighted by atomic mass is 10.0. The summed E-state index contributed by atoms with van der Waals surface area (Å²) in [6.45, 7) is 7.54. The van der Waals surface area contributed by atoms with Crippen molar-refractivity contribution >= 4 is 11.5 Å². The van der Waals surface area contributed by atoms with Gasteiger partial charge in [0.25, 0.3) is 0 Å². The van der Waals surface area contributed by atoms with Crippen molar-refractivity contribution in [1.29, 1.82) is 0 Å². The van der Waals surface area contributed by atoms with Gasteiger partial charge in [0.1, 0.15) is 12.1 Å². The average Bonchev–Trinajstić information content (AvgIpc) is 2.78. The molecular weight excluding hydrogens is 212 g/mol. The van der Waals surface area contributed by atoms with Gasteiger partial charge in [-0.05, 0) is 30.5 Å². The first-order valence-corrected chi connectivity index (χ1v) is 6.28. The predicted octanol–water partition coefficient (Wildman–Crippen LogP) is 2.89. The lowest BCUT2D eigenvalue weighted by Crippen LogP contribution is -2.15. The first-order chi connectivity index (χ1) is 8.24. The number of rotatable bonds is 5. The molecule has 0 spiro atoms. The SMILES string of the molecule is CCC(CC)CNc1cc(C)cc2ncnn12. The lowest BCUT2D eigenvalue weighted by Gasteiger charge is -2.15. The summed E-state index contributed by atoms with van der Waals surface area (Å²) in [4.78, 5) is 4.22. The van der Waals surface area contributed by atoms with Gasteiger partial charge in [-0.15, -0.1) is 0 Å². The Kier molecular flexibility index (Phi) is 3.61. The van der Waals surface area contributed by atoms with Crippen LogP contribution in [0.15, 0.2) is 18.5 Å². The summed E-state index contributed by atoms with van der Waals surface area (Å²) in [5, 5.41) is 7.71. The van der Waals surface area contributed by atoms with Crippen LogP contribution in [0.25, 0.3) is 5.65 Å². The van der Waals surface area contributed by atoms with Crippen molar-refractivity contribution < 1.29 is 0 Å². The first-order valence-electron chi connectivity index (χ1n) is 6.28. The van der Waals surface area contributed by atoms with Crippen molar-refractivity contribution in [1.82, 2.24) is 14.6 Å². The molecule has 17 heavy (non-hydrogen) atoms. The zero-order valence-corrected chi connectivity index (χ0v) is 10.8. The van der Waals surface area contributed by atoms with Gasteiger partial charge in [0.05, 0.1) is 0 Å². The van der Waals surface area contributed by atoms with Crippen LogP contribution < -0.4 is 5.32 Å². The zero-order valence-electron chi connectivity index (χ0n) is 10.8.